The van der Waals surface area contributed by atoms with Gasteiger partial charge in [0.1, 0.15) is 17.8 Å². The van der Waals surface area contributed by atoms with Gasteiger partial charge in [0, 0.05) is 0 Å². The van der Waals surface area contributed by atoms with Gasteiger partial charge in [-0.15, -0.1) is 0 Å². The van der Waals surface area contributed by atoms with Crippen LogP contribution in [-0.4, -0.2) is 25.4 Å². The van der Waals surface area contributed by atoms with Crippen LogP contribution in [0.3, 0.4) is 0 Å². The fraction of sp³-hybridized carbons (Fsp3) is 0.375. The van der Waals surface area contributed by atoms with Crippen molar-refractivity contribution in [3.8, 4) is 5.75 Å². The van der Waals surface area contributed by atoms with E-state index in [9.17, 15) is 0 Å². The molecule has 0 saturated carbocycles. The summed E-state index contributed by atoms with van der Waals surface area (Å²) in [6, 6.07) is 9.59. The fourth-order valence-corrected chi connectivity index (χ4v) is 1.57. The molecule has 1 rings (SSSR count). The van der Waals surface area contributed by atoms with E-state index in [1.54, 1.807) is 7.11 Å². The van der Waals surface area contributed by atoms with Crippen LogP contribution in [0.25, 0.3) is 0 Å². The van der Waals surface area contributed by atoms with Gasteiger partial charge in [0.25, 0.3) is 0 Å². The molecule has 1 unspecified atom stereocenters. The van der Waals surface area contributed by atoms with E-state index >= 15 is 0 Å². The standard InChI is InChI=1S/C16H22N2O2/c1-5-9-16(19-4)13(2)17-12-18-14(3)20-15-10-7-6-8-11-15/h6-12,14H,5H2,1-4H3/b16-9+,17-13?,18-12?. The summed E-state index contributed by atoms with van der Waals surface area (Å²) < 4.78 is 10.9. The second-order valence-electron chi connectivity index (χ2n) is 4.19. The number of rotatable bonds is 7. The average molecular weight is 274 g/mol. The minimum Gasteiger partial charge on any atom is -0.495 e. The molecular weight excluding hydrogens is 252 g/mol. The van der Waals surface area contributed by atoms with E-state index in [1.165, 1.54) is 6.34 Å². The zero-order valence-corrected chi connectivity index (χ0v) is 12.5. The normalized spacial score (nSPS) is 14.4. The van der Waals surface area contributed by atoms with Crippen LogP contribution < -0.4 is 4.74 Å². The second kappa shape index (κ2) is 8.91. The molecule has 0 amide bonds. The van der Waals surface area contributed by atoms with Crippen molar-refractivity contribution in [3.05, 3.63) is 42.2 Å². The number of nitrogens with zero attached hydrogens (tertiary/aromatic N) is 2. The highest BCUT2D eigenvalue weighted by Gasteiger charge is 2.00. The summed E-state index contributed by atoms with van der Waals surface area (Å²) in [5.41, 5.74) is 0.796. The van der Waals surface area contributed by atoms with Gasteiger partial charge < -0.3 is 9.47 Å². The van der Waals surface area contributed by atoms with E-state index < -0.39 is 0 Å². The van der Waals surface area contributed by atoms with E-state index in [-0.39, 0.29) is 6.23 Å². The van der Waals surface area contributed by atoms with Gasteiger partial charge in [0.15, 0.2) is 6.23 Å². The van der Waals surface area contributed by atoms with Gasteiger partial charge in [-0.1, -0.05) is 25.1 Å². The van der Waals surface area contributed by atoms with E-state index in [0.717, 1.165) is 23.6 Å². The Bertz CT molecular complexity index is 479. The molecule has 1 atom stereocenters. The SMILES string of the molecule is CC/C=C(/OC)C(C)=NC=NC(C)Oc1ccccc1. The van der Waals surface area contributed by atoms with Gasteiger partial charge in [0.05, 0.1) is 12.8 Å². The maximum Gasteiger partial charge on any atom is 0.188 e. The Kier molecular flexibility index (Phi) is 7.11. The Labute approximate surface area is 120 Å². The van der Waals surface area contributed by atoms with Gasteiger partial charge in [0.2, 0.25) is 0 Å². The molecular formula is C16H22N2O2. The number of aliphatic imine (C=N–C) groups is 2. The molecule has 4 heteroatoms. The molecule has 0 aliphatic rings. The molecule has 0 aliphatic heterocycles. The molecule has 0 spiro atoms. The van der Waals surface area contributed by atoms with E-state index in [4.69, 9.17) is 9.47 Å². The van der Waals surface area contributed by atoms with Crippen LogP contribution >= 0.6 is 0 Å². The highest BCUT2D eigenvalue weighted by atomic mass is 16.5. The highest BCUT2D eigenvalue weighted by molar-refractivity contribution is 6.00. The molecule has 0 fully saturated rings. The number of para-hydroxylation sites is 1. The summed E-state index contributed by atoms with van der Waals surface area (Å²) >= 11 is 0. The quantitative estimate of drug-likeness (QED) is 0.431. The van der Waals surface area contributed by atoms with Crippen molar-refractivity contribution in [3.63, 3.8) is 0 Å². The number of hydrogen-bond acceptors (Lipinski definition) is 3. The Balaban J connectivity index is 2.57. The highest BCUT2D eigenvalue weighted by Crippen LogP contribution is 2.10. The first-order valence-corrected chi connectivity index (χ1v) is 6.69. The van der Waals surface area contributed by atoms with Crippen LogP contribution in [0.15, 0.2) is 52.2 Å². The molecule has 0 saturated heterocycles. The topological polar surface area (TPSA) is 43.2 Å². The second-order valence-corrected chi connectivity index (χ2v) is 4.19. The van der Waals surface area contributed by atoms with Gasteiger partial charge in [-0.3, -0.25) is 0 Å². The largest absolute Gasteiger partial charge is 0.495 e. The summed E-state index contributed by atoms with van der Waals surface area (Å²) in [6.07, 6.45) is 4.11. The van der Waals surface area contributed by atoms with E-state index in [2.05, 4.69) is 16.9 Å². The van der Waals surface area contributed by atoms with E-state index in [0.29, 0.717) is 0 Å². The molecule has 0 radical (unpaired) electrons. The average Bonchev–Trinajstić information content (AvgIpc) is 2.45. The molecule has 4 nitrogen and oxygen atoms in total. The Hall–Kier alpha value is -2.10. The monoisotopic (exact) mass is 274 g/mol. The lowest BCUT2D eigenvalue weighted by atomic mass is 10.3. The third kappa shape index (κ3) is 5.69. The molecule has 0 aromatic heterocycles. The minimum atomic E-state index is -0.282. The molecule has 0 bridgehead atoms. The van der Waals surface area contributed by atoms with Crippen molar-refractivity contribution < 1.29 is 9.47 Å². The number of ether oxygens (including phenoxy) is 2. The number of benzene rings is 1. The minimum absolute atomic E-state index is 0.282. The molecule has 1 aromatic carbocycles. The lowest BCUT2D eigenvalue weighted by Crippen LogP contribution is -2.08. The zero-order chi connectivity index (χ0) is 14.8. The first-order chi connectivity index (χ1) is 9.67. The van der Waals surface area contributed by atoms with Crippen molar-refractivity contribution >= 4 is 12.1 Å². The first-order valence-electron chi connectivity index (χ1n) is 6.69. The third-order valence-electron chi connectivity index (χ3n) is 2.54. The van der Waals surface area contributed by atoms with Crippen LogP contribution in [0, 0.1) is 0 Å². The smallest absolute Gasteiger partial charge is 0.188 e. The van der Waals surface area contributed by atoms with E-state index in [1.807, 2.05) is 50.3 Å². The molecule has 108 valence electrons. The Morgan fingerprint density at radius 1 is 1.30 bits per heavy atom. The molecule has 0 aliphatic carbocycles. The number of methoxy groups -OCH3 is 1. The van der Waals surface area contributed by atoms with Crippen LogP contribution in [0.2, 0.25) is 0 Å². The molecule has 1 aromatic rings. The van der Waals surface area contributed by atoms with Crippen molar-refractivity contribution in [1.29, 1.82) is 0 Å². The summed E-state index contributed by atoms with van der Waals surface area (Å²) in [6.45, 7) is 5.81. The van der Waals surface area contributed by atoms with Gasteiger partial charge in [-0.25, -0.2) is 9.98 Å². The Morgan fingerprint density at radius 3 is 2.60 bits per heavy atom. The van der Waals surface area contributed by atoms with Gasteiger partial charge >= 0.3 is 0 Å². The van der Waals surface area contributed by atoms with Gasteiger partial charge in [-0.2, -0.15) is 0 Å². The summed E-state index contributed by atoms with van der Waals surface area (Å²) in [5, 5.41) is 0. The van der Waals surface area contributed by atoms with Crippen molar-refractivity contribution in [1.82, 2.24) is 0 Å². The van der Waals surface area contributed by atoms with Gasteiger partial charge in [-0.05, 0) is 38.5 Å². The maximum absolute atomic E-state index is 5.62. The summed E-state index contributed by atoms with van der Waals surface area (Å²) in [5.74, 6) is 1.57. The Morgan fingerprint density at radius 2 is 2.00 bits per heavy atom. The lowest BCUT2D eigenvalue weighted by Gasteiger charge is -2.09. The van der Waals surface area contributed by atoms with Crippen LogP contribution in [-0.2, 0) is 4.74 Å². The lowest BCUT2D eigenvalue weighted by molar-refractivity contribution is 0.233. The van der Waals surface area contributed by atoms with Crippen LogP contribution in [0.4, 0.5) is 0 Å². The molecule has 20 heavy (non-hydrogen) atoms. The predicted octanol–water partition coefficient (Wildman–Crippen LogP) is 3.84. The fourth-order valence-electron chi connectivity index (χ4n) is 1.57. The predicted molar refractivity (Wildman–Crippen MR) is 83.5 cm³/mol. The summed E-state index contributed by atoms with van der Waals surface area (Å²) in [4.78, 5) is 8.47. The number of hydrogen-bond donors (Lipinski definition) is 0. The first kappa shape index (κ1) is 16.0. The van der Waals surface area contributed by atoms with Crippen LogP contribution in [0.5, 0.6) is 5.75 Å². The maximum atomic E-state index is 5.62. The van der Waals surface area contributed by atoms with Crippen LogP contribution in [0.1, 0.15) is 27.2 Å². The third-order valence-corrected chi connectivity index (χ3v) is 2.54. The number of allylic oxidation sites excluding steroid dienone is 2. The zero-order valence-electron chi connectivity index (χ0n) is 12.5. The van der Waals surface area contributed by atoms with Crippen molar-refractivity contribution in [2.24, 2.45) is 9.98 Å². The van der Waals surface area contributed by atoms with Crippen molar-refractivity contribution in [2.75, 3.05) is 7.11 Å². The molecule has 0 heterocycles. The molecule has 0 N–H and O–H groups in total. The van der Waals surface area contributed by atoms with Crippen molar-refractivity contribution in [2.45, 2.75) is 33.4 Å². The summed E-state index contributed by atoms with van der Waals surface area (Å²) in [7, 11) is 1.64.